The minimum atomic E-state index is -3.43. The summed E-state index contributed by atoms with van der Waals surface area (Å²) in [5.41, 5.74) is 6.57. The summed E-state index contributed by atoms with van der Waals surface area (Å²) >= 11 is 0. The lowest BCUT2D eigenvalue weighted by molar-refractivity contribution is 0.0951. The quantitative estimate of drug-likeness (QED) is 0.656. The molecule has 1 aromatic carbocycles. The van der Waals surface area contributed by atoms with Crippen molar-refractivity contribution in [3.05, 3.63) is 29.8 Å². The van der Waals surface area contributed by atoms with Crippen LogP contribution in [0.2, 0.25) is 0 Å². The third kappa shape index (κ3) is 6.01. The number of para-hydroxylation sites is 1. The molecule has 1 aromatic rings. The van der Waals surface area contributed by atoms with Crippen molar-refractivity contribution in [2.24, 2.45) is 11.7 Å². The van der Waals surface area contributed by atoms with Gasteiger partial charge in [-0.2, -0.15) is 0 Å². The van der Waals surface area contributed by atoms with Crippen molar-refractivity contribution < 1.29 is 13.2 Å². The average molecular weight is 362 g/mol. The van der Waals surface area contributed by atoms with E-state index >= 15 is 0 Å². The SMILES string of the molecule is CCCS(=O)(=O)Nc1ccccc1C(=O)NCC(N)C1CC1.Cl. The highest BCUT2D eigenvalue weighted by molar-refractivity contribution is 7.92. The maximum Gasteiger partial charge on any atom is 0.253 e. The summed E-state index contributed by atoms with van der Waals surface area (Å²) in [4.78, 5) is 12.3. The summed E-state index contributed by atoms with van der Waals surface area (Å²) in [6, 6.07) is 6.54. The van der Waals surface area contributed by atoms with Gasteiger partial charge in [-0.25, -0.2) is 8.42 Å². The van der Waals surface area contributed by atoms with Crippen molar-refractivity contribution >= 4 is 34.0 Å². The molecule has 1 aliphatic carbocycles. The van der Waals surface area contributed by atoms with Crippen LogP contribution in [0.3, 0.4) is 0 Å². The van der Waals surface area contributed by atoms with Gasteiger partial charge in [-0.05, 0) is 37.3 Å². The van der Waals surface area contributed by atoms with Crippen LogP contribution in [0.25, 0.3) is 0 Å². The fourth-order valence-corrected chi connectivity index (χ4v) is 3.41. The first kappa shape index (κ1) is 19.7. The molecule has 0 radical (unpaired) electrons. The Balaban J connectivity index is 0.00000264. The molecule has 1 atom stereocenters. The van der Waals surface area contributed by atoms with Crippen LogP contribution >= 0.6 is 12.4 Å². The molecule has 8 heteroatoms. The van der Waals surface area contributed by atoms with Crippen molar-refractivity contribution in [1.82, 2.24) is 5.32 Å². The van der Waals surface area contributed by atoms with Gasteiger partial charge in [0.1, 0.15) is 0 Å². The Labute approximate surface area is 143 Å². The number of amides is 1. The second-order valence-corrected chi connectivity index (χ2v) is 7.52. The number of hydrogen-bond donors (Lipinski definition) is 3. The zero-order valence-corrected chi connectivity index (χ0v) is 14.8. The Bertz CT molecular complexity index is 633. The van der Waals surface area contributed by atoms with Crippen molar-refractivity contribution in [2.75, 3.05) is 17.0 Å². The van der Waals surface area contributed by atoms with Gasteiger partial charge in [0.05, 0.1) is 17.0 Å². The third-order valence-corrected chi connectivity index (χ3v) is 5.11. The van der Waals surface area contributed by atoms with Crippen LogP contribution in [0, 0.1) is 5.92 Å². The molecule has 1 amide bonds. The summed E-state index contributed by atoms with van der Waals surface area (Å²) in [5, 5.41) is 2.78. The molecular weight excluding hydrogens is 338 g/mol. The van der Waals surface area contributed by atoms with Gasteiger partial charge >= 0.3 is 0 Å². The molecule has 0 bridgehead atoms. The molecule has 0 spiro atoms. The Morgan fingerprint density at radius 1 is 1.35 bits per heavy atom. The number of benzene rings is 1. The molecule has 4 N–H and O–H groups in total. The summed E-state index contributed by atoms with van der Waals surface area (Å²) in [6.45, 7) is 2.19. The lowest BCUT2D eigenvalue weighted by Gasteiger charge is -2.14. The molecule has 0 aliphatic heterocycles. The lowest BCUT2D eigenvalue weighted by atomic mass is 10.1. The van der Waals surface area contributed by atoms with Crippen LogP contribution in [0.4, 0.5) is 5.69 Å². The number of nitrogens with one attached hydrogen (secondary N) is 2. The Morgan fingerprint density at radius 2 is 2.00 bits per heavy atom. The lowest BCUT2D eigenvalue weighted by Crippen LogP contribution is -2.38. The van der Waals surface area contributed by atoms with E-state index in [1.54, 1.807) is 31.2 Å². The summed E-state index contributed by atoms with van der Waals surface area (Å²) in [6.07, 6.45) is 2.74. The number of nitrogens with two attached hydrogens (primary N) is 1. The first-order valence-electron chi connectivity index (χ1n) is 7.56. The van der Waals surface area contributed by atoms with Crippen molar-refractivity contribution in [2.45, 2.75) is 32.2 Å². The molecule has 2 rings (SSSR count). The van der Waals surface area contributed by atoms with Gasteiger partial charge in [0.15, 0.2) is 0 Å². The number of rotatable bonds is 8. The van der Waals surface area contributed by atoms with Gasteiger partial charge in [0.25, 0.3) is 5.91 Å². The van der Waals surface area contributed by atoms with E-state index in [2.05, 4.69) is 10.0 Å². The molecule has 6 nitrogen and oxygen atoms in total. The highest BCUT2D eigenvalue weighted by Gasteiger charge is 2.28. The predicted octanol–water partition coefficient (Wildman–Crippen LogP) is 1.73. The zero-order valence-electron chi connectivity index (χ0n) is 13.1. The normalized spacial score (nSPS) is 15.4. The van der Waals surface area contributed by atoms with E-state index in [1.807, 2.05) is 0 Å². The Kier molecular flexibility index (Phi) is 7.31. The molecule has 1 fully saturated rings. The molecule has 23 heavy (non-hydrogen) atoms. The van der Waals surface area contributed by atoms with E-state index in [9.17, 15) is 13.2 Å². The monoisotopic (exact) mass is 361 g/mol. The fraction of sp³-hybridized carbons (Fsp3) is 0.533. The van der Waals surface area contributed by atoms with Crippen LogP contribution in [0.15, 0.2) is 24.3 Å². The van der Waals surface area contributed by atoms with Crippen molar-refractivity contribution in [3.63, 3.8) is 0 Å². The number of hydrogen-bond acceptors (Lipinski definition) is 4. The van der Waals surface area contributed by atoms with E-state index < -0.39 is 10.0 Å². The number of carbonyl (C=O) groups is 1. The second-order valence-electron chi connectivity index (χ2n) is 5.68. The maximum atomic E-state index is 12.3. The molecule has 1 aliphatic rings. The van der Waals surface area contributed by atoms with Crippen molar-refractivity contribution in [3.8, 4) is 0 Å². The van der Waals surface area contributed by atoms with Crippen LogP contribution in [0.1, 0.15) is 36.5 Å². The molecule has 130 valence electrons. The van der Waals surface area contributed by atoms with E-state index in [0.29, 0.717) is 30.1 Å². The minimum absolute atomic E-state index is 0. The van der Waals surface area contributed by atoms with Gasteiger partial charge in [-0.1, -0.05) is 19.1 Å². The zero-order chi connectivity index (χ0) is 16.2. The molecule has 0 aromatic heterocycles. The first-order valence-corrected chi connectivity index (χ1v) is 9.21. The van der Waals surface area contributed by atoms with E-state index in [4.69, 9.17) is 5.73 Å². The number of carbonyl (C=O) groups excluding carboxylic acids is 1. The largest absolute Gasteiger partial charge is 0.350 e. The second kappa shape index (κ2) is 8.52. The highest BCUT2D eigenvalue weighted by Crippen LogP contribution is 2.31. The van der Waals surface area contributed by atoms with Gasteiger partial charge in [-0.15, -0.1) is 12.4 Å². The van der Waals surface area contributed by atoms with Gasteiger partial charge < -0.3 is 11.1 Å². The van der Waals surface area contributed by atoms with E-state index in [-0.39, 0.29) is 30.1 Å². The Hall–Kier alpha value is -1.31. The maximum absolute atomic E-state index is 12.3. The van der Waals surface area contributed by atoms with Crippen LogP contribution < -0.4 is 15.8 Å². The van der Waals surface area contributed by atoms with Gasteiger partial charge in [0.2, 0.25) is 10.0 Å². The summed E-state index contributed by atoms with van der Waals surface area (Å²) in [5.74, 6) is 0.208. The van der Waals surface area contributed by atoms with E-state index in [1.165, 1.54) is 0 Å². The Morgan fingerprint density at radius 3 is 2.61 bits per heavy atom. The number of anilines is 1. The average Bonchev–Trinajstić information content (AvgIpc) is 3.29. The molecule has 0 saturated heterocycles. The van der Waals surface area contributed by atoms with Gasteiger partial charge in [-0.3, -0.25) is 9.52 Å². The molecule has 0 heterocycles. The first-order chi connectivity index (χ1) is 10.4. The predicted molar refractivity (Wildman–Crippen MR) is 94.4 cm³/mol. The standard InChI is InChI=1S/C15H23N3O3S.ClH/c1-2-9-22(20,21)18-14-6-4-3-5-12(14)15(19)17-10-13(16)11-7-8-11;/h3-6,11,13,18H,2,7-10,16H2,1H3,(H,17,19);1H. The van der Waals surface area contributed by atoms with Crippen LogP contribution in [-0.4, -0.2) is 32.7 Å². The van der Waals surface area contributed by atoms with Gasteiger partial charge in [0, 0.05) is 12.6 Å². The topological polar surface area (TPSA) is 101 Å². The summed E-state index contributed by atoms with van der Waals surface area (Å²) < 4.78 is 26.2. The smallest absolute Gasteiger partial charge is 0.253 e. The number of halogens is 1. The summed E-state index contributed by atoms with van der Waals surface area (Å²) in [7, 11) is -3.43. The molecule has 1 saturated carbocycles. The number of sulfonamides is 1. The molecule has 1 unspecified atom stereocenters. The minimum Gasteiger partial charge on any atom is -0.350 e. The molecular formula is C15H24ClN3O3S. The van der Waals surface area contributed by atoms with E-state index in [0.717, 1.165) is 12.8 Å². The fourth-order valence-electron chi connectivity index (χ4n) is 2.25. The van der Waals surface area contributed by atoms with Crippen molar-refractivity contribution in [1.29, 1.82) is 0 Å². The third-order valence-electron chi connectivity index (χ3n) is 3.64. The van der Waals surface area contributed by atoms with Crippen LogP contribution in [0.5, 0.6) is 0 Å². The highest BCUT2D eigenvalue weighted by atomic mass is 35.5. The van der Waals surface area contributed by atoms with Crippen LogP contribution in [-0.2, 0) is 10.0 Å².